The van der Waals surface area contributed by atoms with Gasteiger partial charge in [0, 0.05) is 17.8 Å². The van der Waals surface area contributed by atoms with E-state index in [0.29, 0.717) is 18.5 Å². The molecule has 1 aromatic rings. The van der Waals surface area contributed by atoms with Crippen LogP contribution in [0.15, 0.2) is 6.07 Å². The molecule has 0 saturated carbocycles. The van der Waals surface area contributed by atoms with E-state index in [0.717, 1.165) is 18.1 Å². The van der Waals surface area contributed by atoms with Crippen molar-refractivity contribution in [3.8, 4) is 5.88 Å². The maximum Gasteiger partial charge on any atom is 0.216 e. The van der Waals surface area contributed by atoms with Gasteiger partial charge in [-0.05, 0) is 33.2 Å². The Morgan fingerprint density at radius 3 is 3.00 bits per heavy atom. The van der Waals surface area contributed by atoms with E-state index < -0.39 is 0 Å². The lowest BCUT2D eigenvalue weighted by molar-refractivity contribution is 0.266. The standard InChI is InChI=1S/C11H17N3O/c1-8-6-11(14-9(2)13-8)15-7-10-4-3-5-12-10/h6,10,12H,3-5,7H2,1-2H3. The van der Waals surface area contributed by atoms with Crippen molar-refractivity contribution < 1.29 is 4.74 Å². The van der Waals surface area contributed by atoms with Crippen molar-refractivity contribution in [3.63, 3.8) is 0 Å². The summed E-state index contributed by atoms with van der Waals surface area (Å²) in [5, 5.41) is 3.39. The molecule has 1 N–H and O–H groups in total. The van der Waals surface area contributed by atoms with Crippen molar-refractivity contribution in [2.24, 2.45) is 0 Å². The second-order valence-electron chi connectivity index (χ2n) is 4.00. The monoisotopic (exact) mass is 207 g/mol. The van der Waals surface area contributed by atoms with Gasteiger partial charge in [0.25, 0.3) is 0 Å². The summed E-state index contributed by atoms with van der Waals surface area (Å²) in [5.41, 5.74) is 0.955. The van der Waals surface area contributed by atoms with Gasteiger partial charge in [-0.15, -0.1) is 0 Å². The molecule has 0 bridgehead atoms. The molecule has 0 radical (unpaired) electrons. The van der Waals surface area contributed by atoms with Gasteiger partial charge in [0.15, 0.2) is 0 Å². The molecular weight excluding hydrogens is 190 g/mol. The molecule has 0 spiro atoms. The van der Waals surface area contributed by atoms with Gasteiger partial charge in [0.2, 0.25) is 5.88 Å². The summed E-state index contributed by atoms with van der Waals surface area (Å²) in [6.45, 7) is 5.65. The highest BCUT2D eigenvalue weighted by Crippen LogP contribution is 2.11. The number of rotatable bonds is 3. The lowest BCUT2D eigenvalue weighted by atomic mass is 10.2. The molecule has 1 aromatic heterocycles. The van der Waals surface area contributed by atoms with Crippen LogP contribution in [0.2, 0.25) is 0 Å². The second-order valence-corrected chi connectivity index (χ2v) is 4.00. The Morgan fingerprint density at radius 2 is 2.33 bits per heavy atom. The number of hydrogen-bond acceptors (Lipinski definition) is 4. The molecule has 1 saturated heterocycles. The second kappa shape index (κ2) is 4.57. The molecule has 0 amide bonds. The highest BCUT2D eigenvalue weighted by Gasteiger charge is 2.14. The molecule has 1 atom stereocenters. The largest absolute Gasteiger partial charge is 0.476 e. The van der Waals surface area contributed by atoms with Crippen LogP contribution in [0.1, 0.15) is 24.4 Å². The van der Waals surface area contributed by atoms with Crippen LogP contribution in [0.4, 0.5) is 0 Å². The van der Waals surface area contributed by atoms with E-state index in [2.05, 4.69) is 15.3 Å². The van der Waals surface area contributed by atoms with Crippen LogP contribution < -0.4 is 10.1 Å². The van der Waals surface area contributed by atoms with Crippen molar-refractivity contribution in [1.82, 2.24) is 15.3 Å². The minimum Gasteiger partial charge on any atom is -0.476 e. The molecule has 4 nitrogen and oxygen atoms in total. The van der Waals surface area contributed by atoms with E-state index in [1.165, 1.54) is 12.8 Å². The number of nitrogens with one attached hydrogen (secondary N) is 1. The van der Waals surface area contributed by atoms with E-state index in [1.807, 2.05) is 19.9 Å². The summed E-state index contributed by atoms with van der Waals surface area (Å²) in [6.07, 6.45) is 2.44. The van der Waals surface area contributed by atoms with E-state index in [-0.39, 0.29) is 0 Å². The van der Waals surface area contributed by atoms with Crippen molar-refractivity contribution in [2.45, 2.75) is 32.7 Å². The zero-order chi connectivity index (χ0) is 10.7. The lowest BCUT2D eigenvalue weighted by Gasteiger charge is -2.11. The molecular formula is C11H17N3O. The Bertz CT molecular complexity index is 314. The van der Waals surface area contributed by atoms with Gasteiger partial charge in [-0.25, -0.2) is 4.98 Å². The minimum atomic E-state index is 0.487. The average molecular weight is 207 g/mol. The van der Waals surface area contributed by atoms with Crippen molar-refractivity contribution in [3.05, 3.63) is 17.6 Å². The van der Waals surface area contributed by atoms with E-state index in [4.69, 9.17) is 4.74 Å². The van der Waals surface area contributed by atoms with Crippen LogP contribution in [0.25, 0.3) is 0 Å². The van der Waals surface area contributed by atoms with Crippen LogP contribution in [0.3, 0.4) is 0 Å². The third kappa shape index (κ3) is 2.89. The van der Waals surface area contributed by atoms with Crippen LogP contribution >= 0.6 is 0 Å². The first kappa shape index (κ1) is 10.4. The molecule has 15 heavy (non-hydrogen) atoms. The third-order valence-electron chi connectivity index (χ3n) is 2.54. The van der Waals surface area contributed by atoms with Crippen molar-refractivity contribution in [1.29, 1.82) is 0 Å². The Morgan fingerprint density at radius 1 is 1.47 bits per heavy atom. The first-order chi connectivity index (χ1) is 7.24. The third-order valence-corrected chi connectivity index (χ3v) is 2.54. The summed E-state index contributed by atoms with van der Waals surface area (Å²) in [4.78, 5) is 8.44. The van der Waals surface area contributed by atoms with E-state index in [9.17, 15) is 0 Å². The Hall–Kier alpha value is -1.16. The lowest BCUT2D eigenvalue weighted by Crippen LogP contribution is -2.28. The Kier molecular flexibility index (Phi) is 3.16. The average Bonchev–Trinajstić information content (AvgIpc) is 2.65. The minimum absolute atomic E-state index is 0.487. The Labute approximate surface area is 90.1 Å². The summed E-state index contributed by atoms with van der Waals surface area (Å²) in [5.74, 6) is 1.46. The van der Waals surface area contributed by atoms with Gasteiger partial charge >= 0.3 is 0 Å². The fourth-order valence-corrected chi connectivity index (χ4v) is 1.84. The topological polar surface area (TPSA) is 47.0 Å². The van der Waals surface area contributed by atoms with Gasteiger partial charge in [-0.3, -0.25) is 0 Å². The fourth-order valence-electron chi connectivity index (χ4n) is 1.84. The molecule has 1 aliphatic heterocycles. The fraction of sp³-hybridized carbons (Fsp3) is 0.636. The van der Waals surface area contributed by atoms with E-state index >= 15 is 0 Å². The highest BCUT2D eigenvalue weighted by atomic mass is 16.5. The van der Waals surface area contributed by atoms with Crippen molar-refractivity contribution in [2.75, 3.05) is 13.2 Å². The summed E-state index contributed by atoms with van der Waals surface area (Å²) >= 11 is 0. The normalized spacial score (nSPS) is 20.5. The molecule has 1 fully saturated rings. The molecule has 4 heteroatoms. The maximum atomic E-state index is 5.64. The van der Waals surface area contributed by atoms with Gasteiger partial charge < -0.3 is 10.1 Å². The molecule has 0 aliphatic carbocycles. The predicted octanol–water partition coefficient (Wildman–Crippen LogP) is 1.22. The number of aromatic nitrogens is 2. The van der Waals surface area contributed by atoms with Crippen LogP contribution in [-0.2, 0) is 0 Å². The van der Waals surface area contributed by atoms with E-state index in [1.54, 1.807) is 0 Å². The highest BCUT2D eigenvalue weighted by molar-refractivity contribution is 5.14. The van der Waals surface area contributed by atoms with Crippen LogP contribution in [0.5, 0.6) is 5.88 Å². The van der Waals surface area contributed by atoms with Gasteiger partial charge in [0.05, 0.1) is 0 Å². The summed E-state index contributed by atoms with van der Waals surface area (Å²) in [7, 11) is 0. The predicted molar refractivity (Wildman–Crippen MR) is 58.0 cm³/mol. The number of nitrogens with zero attached hydrogens (tertiary/aromatic N) is 2. The maximum absolute atomic E-state index is 5.64. The van der Waals surface area contributed by atoms with Gasteiger partial charge in [-0.1, -0.05) is 0 Å². The smallest absolute Gasteiger partial charge is 0.216 e. The van der Waals surface area contributed by atoms with Gasteiger partial charge in [-0.2, -0.15) is 4.98 Å². The number of hydrogen-bond donors (Lipinski definition) is 1. The summed E-state index contributed by atoms with van der Waals surface area (Å²) in [6, 6.07) is 2.36. The summed E-state index contributed by atoms with van der Waals surface area (Å²) < 4.78 is 5.64. The Balaban J connectivity index is 1.92. The molecule has 82 valence electrons. The SMILES string of the molecule is Cc1cc(OCC2CCCN2)nc(C)n1. The molecule has 0 aromatic carbocycles. The quantitative estimate of drug-likeness (QED) is 0.809. The van der Waals surface area contributed by atoms with Gasteiger partial charge in [0.1, 0.15) is 12.4 Å². The number of ether oxygens (including phenoxy) is 1. The molecule has 1 aliphatic rings. The first-order valence-electron chi connectivity index (χ1n) is 5.42. The molecule has 1 unspecified atom stereocenters. The van der Waals surface area contributed by atoms with Crippen LogP contribution in [0, 0.1) is 13.8 Å². The first-order valence-corrected chi connectivity index (χ1v) is 5.42. The zero-order valence-corrected chi connectivity index (χ0v) is 9.29. The van der Waals surface area contributed by atoms with Crippen molar-refractivity contribution >= 4 is 0 Å². The zero-order valence-electron chi connectivity index (χ0n) is 9.29. The molecule has 2 heterocycles. The van der Waals surface area contributed by atoms with Crippen LogP contribution in [-0.4, -0.2) is 29.2 Å². The molecule has 2 rings (SSSR count). The number of aryl methyl sites for hydroxylation is 2.